The van der Waals surface area contributed by atoms with Crippen LogP contribution in [0.2, 0.25) is 5.02 Å². The third kappa shape index (κ3) is 5.27. The number of nitrogens with one attached hydrogen (secondary N) is 1. The molecule has 5 aromatic rings. The average molecular weight is 586 g/mol. The van der Waals surface area contributed by atoms with Gasteiger partial charge in [-0.1, -0.05) is 23.7 Å². The minimum absolute atomic E-state index is 0.0100. The molecular formula is C27H22ClF2N5O4S. The number of carbonyl (C=O) groups is 2. The lowest BCUT2D eigenvalue weighted by atomic mass is 10.0. The summed E-state index contributed by atoms with van der Waals surface area (Å²) in [6.07, 6.45) is -1.15. The van der Waals surface area contributed by atoms with E-state index >= 15 is 0 Å². The first kappa shape index (κ1) is 27.3. The van der Waals surface area contributed by atoms with Crippen molar-refractivity contribution in [3.8, 4) is 16.9 Å². The van der Waals surface area contributed by atoms with Crippen LogP contribution < -0.4 is 15.8 Å². The standard InChI is InChI=1S/C27H22ClF2N5O4S/c1-3-35-11-16(13(2)34-35)15-10-18(24(29)30)32-27-21(15)22(23(40-27)25(31)36)33-26(37)20-9-8-14(39-20)12-38-19-7-5-4-6-17(19)28/h4-11,24H,3,12H2,1-2H3,(H2,31,36)(H,33,37). The second-order valence-corrected chi connectivity index (χ2v) is 10.1. The van der Waals surface area contributed by atoms with Crippen LogP contribution in [-0.4, -0.2) is 26.6 Å². The maximum Gasteiger partial charge on any atom is 0.291 e. The lowest BCUT2D eigenvalue weighted by Crippen LogP contribution is -2.16. The molecule has 3 N–H and O–H groups in total. The Balaban J connectivity index is 1.53. The number of ether oxygens (including phenoxy) is 1. The number of benzene rings is 1. The maximum absolute atomic E-state index is 13.8. The Morgan fingerprint density at radius 3 is 2.67 bits per heavy atom. The van der Waals surface area contributed by atoms with Crippen molar-refractivity contribution in [2.24, 2.45) is 5.73 Å². The number of furan rings is 1. The molecule has 0 bridgehead atoms. The maximum atomic E-state index is 13.8. The summed E-state index contributed by atoms with van der Waals surface area (Å²) in [5.74, 6) is -0.802. The average Bonchev–Trinajstić information content (AvgIpc) is 3.65. The summed E-state index contributed by atoms with van der Waals surface area (Å²) in [7, 11) is 0. The van der Waals surface area contributed by atoms with Crippen LogP contribution in [0.5, 0.6) is 5.75 Å². The number of primary amides is 1. The van der Waals surface area contributed by atoms with E-state index in [0.29, 0.717) is 45.3 Å². The monoisotopic (exact) mass is 585 g/mol. The zero-order valence-corrected chi connectivity index (χ0v) is 22.8. The number of amides is 2. The second kappa shape index (κ2) is 11.1. The first-order valence-electron chi connectivity index (χ1n) is 12.0. The Kier molecular flexibility index (Phi) is 7.55. The van der Waals surface area contributed by atoms with E-state index in [4.69, 9.17) is 26.5 Å². The predicted molar refractivity (Wildman–Crippen MR) is 147 cm³/mol. The van der Waals surface area contributed by atoms with Crippen molar-refractivity contribution in [3.05, 3.63) is 81.5 Å². The third-order valence-electron chi connectivity index (χ3n) is 6.02. The largest absolute Gasteiger partial charge is 0.484 e. The van der Waals surface area contributed by atoms with Gasteiger partial charge in [0.05, 0.1) is 16.4 Å². The lowest BCUT2D eigenvalue weighted by molar-refractivity contribution is 0.0992. The third-order valence-corrected chi connectivity index (χ3v) is 7.43. The normalized spacial score (nSPS) is 11.3. The molecule has 2 amide bonds. The Hall–Kier alpha value is -4.29. The number of alkyl halides is 2. The van der Waals surface area contributed by atoms with E-state index in [0.717, 1.165) is 11.3 Å². The van der Waals surface area contributed by atoms with Crippen molar-refractivity contribution in [3.63, 3.8) is 0 Å². The topological polar surface area (TPSA) is 125 Å². The highest BCUT2D eigenvalue weighted by Crippen LogP contribution is 2.43. The van der Waals surface area contributed by atoms with Crippen LogP contribution in [0, 0.1) is 6.92 Å². The van der Waals surface area contributed by atoms with Gasteiger partial charge in [-0.3, -0.25) is 14.3 Å². The second-order valence-electron chi connectivity index (χ2n) is 8.67. The molecule has 0 fully saturated rings. The molecule has 0 saturated heterocycles. The van der Waals surface area contributed by atoms with Gasteiger partial charge >= 0.3 is 0 Å². The highest BCUT2D eigenvalue weighted by molar-refractivity contribution is 7.21. The van der Waals surface area contributed by atoms with Crippen LogP contribution in [0.4, 0.5) is 14.5 Å². The number of aromatic nitrogens is 3. The van der Waals surface area contributed by atoms with Crippen molar-refractivity contribution in [2.45, 2.75) is 33.4 Å². The smallest absolute Gasteiger partial charge is 0.291 e. The Labute approximate surface area is 235 Å². The van der Waals surface area contributed by atoms with Crippen LogP contribution >= 0.6 is 22.9 Å². The summed E-state index contributed by atoms with van der Waals surface area (Å²) in [5.41, 5.74) is 6.67. The molecule has 0 unspecified atom stereocenters. The SMILES string of the molecule is CCn1cc(-c2cc(C(F)F)nc3sc(C(N)=O)c(NC(=O)c4ccc(COc5ccccc5Cl)o4)c23)c(C)n1. The van der Waals surface area contributed by atoms with Crippen molar-refractivity contribution in [1.82, 2.24) is 14.8 Å². The quantitative estimate of drug-likeness (QED) is 0.201. The molecule has 0 atom stereocenters. The van der Waals surface area contributed by atoms with Crippen LogP contribution in [0.15, 0.2) is 53.1 Å². The van der Waals surface area contributed by atoms with Gasteiger partial charge in [0.2, 0.25) is 0 Å². The number of hydrogen-bond acceptors (Lipinski definition) is 7. The number of hydrogen-bond donors (Lipinski definition) is 2. The summed E-state index contributed by atoms with van der Waals surface area (Å²) in [6.45, 7) is 4.19. The number of thiophene rings is 1. The summed E-state index contributed by atoms with van der Waals surface area (Å²) in [5, 5.41) is 7.82. The molecule has 0 aliphatic heterocycles. The number of pyridine rings is 1. The number of fused-ring (bicyclic) bond motifs is 1. The van der Waals surface area contributed by atoms with Gasteiger partial charge in [-0.05, 0) is 49.7 Å². The summed E-state index contributed by atoms with van der Waals surface area (Å²) < 4.78 is 40.5. The minimum Gasteiger partial charge on any atom is -0.484 e. The molecular weight excluding hydrogens is 564 g/mol. The predicted octanol–water partition coefficient (Wildman–Crippen LogP) is 6.60. The molecule has 0 saturated carbocycles. The minimum atomic E-state index is -2.86. The van der Waals surface area contributed by atoms with Gasteiger partial charge in [-0.15, -0.1) is 11.3 Å². The first-order valence-corrected chi connectivity index (χ1v) is 13.2. The van der Waals surface area contributed by atoms with Gasteiger partial charge in [0.25, 0.3) is 18.2 Å². The zero-order valence-electron chi connectivity index (χ0n) is 21.2. The van der Waals surface area contributed by atoms with Crippen LogP contribution in [0.3, 0.4) is 0 Å². The van der Waals surface area contributed by atoms with E-state index in [1.54, 1.807) is 48.1 Å². The van der Waals surface area contributed by atoms with Crippen LogP contribution in [0.25, 0.3) is 21.3 Å². The molecule has 4 aromatic heterocycles. The molecule has 0 radical (unpaired) electrons. The molecule has 13 heteroatoms. The Morgan fingerprint density at radius 1 is 1.23 bits per heavy atom. The van der Waals surface area contributed by atoms with Crippen molar-refractivity contribution in [1.29, 1.82) is 0 Å². The molecule has 9 nitrogen and oxygen atoms in total. The number of nitrogens with two attached hydrogens (primary N) is 1. The van der Waals surface area contributed by atoms with E-state index in [1.807, 2.05) is 6.92 Å². The fourth-order valence-corrected chi connectivity index (χ4v) is 5.35. The molecule has 0 aliphatic rings. The number of para-hydroxylation sites is 1. The molecule has 4 heterocycles. The van der Waals surface area contributed by atoms with E-state index in [-0.39, 0.29) is 27.8 Å². The molecule has 0 spiro atoms. The number of rotatable bonds is 9. The fraction of sp³-hybridized carbons (Fsp3) is 0.185. The number of carbonyl (C=O) groups excluding carboxylic acids is 2. The summed E-state index contributed by atoms with van der Waals surface area (Å²) in [4.78, 5) is 29.8. The van der Waals surface area contributed by atoms with E-state index < -0.39 is 23.9 Å². The van der Waals surface area contributed by atoms with Crippen molar-refractivity contribution < 1.29 is 27.5 Å². The van der Waals surface area contributed by atoms with Crippen LogP contribution in [-0.2, 0) is 13.2 Å². The van der Waals surface area contributed by atoms with E-state index in [9.17, 15) is 18.4 Å². The Morgan fingerprint density at radius 2 is 2.00 bits per heavy atom. The van der Waals surface area contributed by atoms with Crippen molar-refractivity contribution >= 4 is 50.7 Å². The van der Waals surface area contributed by atoms with Gasteiger partial charge < -0.3 is 20.2 Å². The number of halogens is 3. The van der Waals surface area contributed by atoms with Gasteiger partial charge in [-0.25, -0.2) is 13.8 Å². The molecule has 0 aliphatic carbocycles. The van der Waals surface area contributed by atoms with Gasteiger partial charge in [0.1, 0.15) is 33.5 Å². The van der Waals surface area contributed by atoms with Gasteiger partial charge in [-0.2, -0.15) is 5.10 Å². The van der Waals surface area contributed by atoms with Crippen molar-refractivity contribution in [2.75, 3.05) is 5.32 Å². The van der Waals surface area contributed by atoms with E-state index in [1.165, 1.54) is 12.1 Å². The van der Waals surface area contributed by atoms with Gasteiger partial charge in [0, 0.05) is 23.7 Å². The summed E-state index contributed by atoms with van der Waals surface area (Å²) >= 11 is 6.92. The molecule has 206 valence electrons. The Bertz CT molecular complexity index is 1750. The molecule has 5 rings (SSSR count). The van der Waals surface area contributed by atoms with Crippen LogP contribution in [0.1, 0.15) is 50.7 Å². The molecule has 40 heavy (non-hydrogen) atoms. The number of aryl methyl sites for hydroxylation is 2. The lowest BCUT2D eigenvalue weighted by Gasteiger charge is -2.10. The molecule has 1 aromatic carbocycles. The first-order chi connectivity index (χ1) is 19.2. The van der Waals surface area contributed by atoms with E-state index in [2.05, 4.69) is 15.4 Å². The highest BCUT2D eigenvalue weighted by Gasteiger charge is 2.27. The summed E-state index contributed by atoms with van der Waals surface area (Å²) in [6, 6.07) is 11.2. The van der Waals surface area contributed by atoms with Gasteiger partial charge in [0.15, 0.2) is 5.76 Å². The number of nitrogens with zero attached hydrogens (tertiary/aromatic N) is 3. The fourth-order valence-electron chi connectivity index (χ4n) is 4.14. The highest BCUT2D eigenvalue weighted by atomic mass is 35.5. The zero-order chi connectivity index (χ0) is 28.6. The number of anilines is 1.